The van der Waals surface area contributed by atoms with E-state index in [1.807, 2.05) is 24.3 Å². The molecule has 12 nitrogen and oxygen atoms in total. The summed E-state index contributed by atoms with van der Waals surface area (Å²) < 4.78 is 5.48. The van der Waals surface area contributed by atoms with Gasteiger partial charge in [0.2, 0.25) is 5.95 Å². The lowest BCUT2D eigenvalue weighted by atomic mass is 10.1. The number of amides is 1. The second-order valence-electron chi connectivity index (χ2n) is 10.4. The topological polar surface area (TPSA) is 156 Å². The van der Waals surface area contributed by atoms with Crippen LogP contribution in [0.3, 0.4) is 0 Å². The van der Waals surface area contributed by atoms with E-state index in [2.05, 4.69) is 42.6 Å². The third kappa shape index (κ3) is 7.61. The minimum atomic E-state index is -1.12. The van der Waals surface area contributed by atoms with Crippen molar-refractivity contribution in [2.45, 2.75) is 33.3 Å². The number of aromatic nitrogens is 2. The van der Waals surface area contributed by atoms with E-state index >= 15 is 0 Å². The Bertz CT molecular complexity index is 1460. The summed E-state index contributed by atoms with van der Waals surface area (Å²) in [6.07, 6.45) is 0.728. The molecule has 1 saturated heterocycles. The maximum atomic E-state index is 12.7. The summed E-state index contributed by atoms with van der Waals surface area (Å²) in [6.45, 7) is 12.1. The molecule has 0 radical (unpaired) electrons. The first-order chi connectivity index (χ1) is 19.6. The number of para-hydroxylation sites is 1. The fourth-order valence-electron chi connectivity index (χ4n) is 4.32. The van der Waals surface area contributed by atoms with Crippen LogP contribution in [0.15, 0.2) is 48.7 Å². The molecule has 12 heteroatoms. The lowest BCUT2D eigenvalue weighted by Gasteiger charge is -2.35. The van der Waals surface area contributed by atoms with Gasteiger partial charge in [-0.1, -0.05) is 19.1 Å². The quantitative estimate of drug-likeness (QED) is 0.294. The highest BCUT2D eigenvalue weighted by Gasteiger charge is 2.21. The van der Waals surface area contributed by atoms with E-state index in [1.54, 1.807) is 39.0 Å². The lowest BCUT2D eigenvalue weighted by Crippen LogP contribution is -2.46. The van der Waals surface area contributed by atoms with Gasteiger partial charge in [0.05, 0.1) is 28.8 Å². The molecule has 41 heavy (non-hydrogen) atoms. The molecule has 0 aliphatic carbocycles. The molecule has 0 bridgehead atoms. The molecule has 1 aliphatic rings. The molecule has 0 spiro atoms. The third-order valence-corrected chi connectivity index (χ3v) is 6.39. The Labute approximate surface area is 239 Å². The molecule has 0 atom stereocenters. The van der Waals surface area contributed by atoms with Gasteiger partial charge in [0.15, 0.2) is 5.82 Å². The van der Waals surface area contributed by atoms with Crippen LogP contribution in [0, 0.1) is 11.3 Å². The van der Waals surface area contributed by atoms with Gasteiger partial charge < -0.3 is 30.3 Å². The van der Waals surface area contributed by atoms with Crippen molar-refractivity contribution in [2.24, 2.45) is 0 Å². The molecule has 214 valence electrons. The number of nitrogens with one attached hydrogen (secondary N) is 3. The van der Waals surface area contributed by atoms with Gasteiger partial charge in [-0.2, -0.15) is 10.2 Å². The van der Waals surface area contributed by atoms with E-state index in [4.69, 9.17) is 4.74 Å². The van der Waals surface area contributed by atoms with Crippen LogP contribution < -0.4 is 20.9 Å². The number of rotatable bonds is 8. The molecule has 0 unspecified atom stereocenters. The van der Waals surface area contributed by atoms with Gasteiger partial charge in [0, 0.05) is 31.9 Å². The molecule has 1 amide bonds. The summed E-state index contributed by atoms with van der Waals surface area (Å²) in [5.41, 5.74) is 1.68. The molecule has 1 aromatic heterocycles. The second kappa shape index (κ2) is 12.5. The Balaban J connectivity index is 1.64. The van der Waals surface area contributed by atoms with E-state index in [9.17, 15) is 20.0 Å². The summed E-state index contributed by atoms with van der Waals surface area (Å²) in [5.74, 6) is -0.852. The SMILES string of the molecule is CCN1CCN(c2ccc(Nc3ncc(C#N)c(Nc4ccccc4C(=O)O)n3)c(NC(=O)OC(C)(C)C)c2)CC1. The number of anilines is 6. The van der Waals surface area contributed by atoms with Crippen molar-refractivity contribution >= 4 is 46.6 Å². The average molecular weight is 559 g/mol. The maximum absolute atomic E-state index is 12.7. The fraction of sp³-hybridized carbons (Fsp3) is 0.345. The van der Waals surface area contributed by atoms with Crippen LogP contribution in [-0.4, -0.2) is 70.4 Å². The normalized spacial score (nSPS) is 13.7. The van der Waals surface area contributed by atoms with Crippen molar-refractivity contribution in [1.29, 1.82) is 5.26 Å². The number of hydrogen-bond acceptors (Lipinski definition) is 10. The van der Waals surface area contributed by atoms with Gasteiger partial charge in [-0.05, 0) is 57.6 Å². The molecule has 4 N–H and O–H groups in total. The van der Waals surface area contributed by atoms with Crippen LogP contribution >= 0.6 is 0 Å². The molecule has 2 aromatic carbocycles. The summed E-state index contributed by atoms with van der Waals surface area (Å²) >= 11 is 0. The second-order valence-corrected chi connectivity index (χ2v) is 10.4. The number of piperazine rings is 1. The zero-order valence-electron chi connectivity index (χ0n) is 23.6. The highest BCUT2D eigenvalue weighted by atomic mass is 16.6. The summed E-state index contributed by atoms with van der Waals surface area (Å²) in [7, 11) is 0. The predicted molar refractivity (Wildman–Crippen MR) is 157 cm³/mol. The van der Waals surface area contributed by atoms with Crippen molar-refractivity contribution in [3.05, 3.63) is 59.8 Å². The predicted octanol–water partition coefficient (Wildman–Crippen LogP) is 5.02. The highest BCUT2D eigenvalue weighted by Crippen LogP contribution is 2.32. The number of nitriles is 1. The van der Waals surface area contributed by atoms with E-state index in [1.165, 1.54) is 12.3 Å². The van der Waals surface area contributed by atoms with Crippen molar-refractivity contribution < 1.29 is 19.4 Å². The van der Waals surface area contributed by atoms with Crippen molar-refractivity contribution in [2.75, 3.05) is 53.6 Å². The Morgan fingerprint density at radius 1 is 1.05 bits per heavy atom. The Kier molecular flexibility index (Phi) is 8.89. The minimum Gasteiger partial charge on any atom is -0.478 e. The molecular weight excluding hydrogens is 524 g/mol. The summed E-state index contributed by atoms with van der Waals surface area (Å²) in [6, 6.07) is 14.0. The first-order valence-corrected chi connectivity index (χ1v) is 13.3. The number of carboxylic acid groups (broad SMARTS) is 1. The largest absolute Gasteiger partial charge is 0.478 e. The zero-order valence-corrected chi connectivity index (χ0v) is 23.6. The smallest absolute Gasteiger partial charge is 0.412 e. The lowest BCUT2D eigenvalue weighted by molar-refractivity contribution is 0.0634. The third-order valence-electron chi connectivity index (χ3n) is 6.39. The van der Waals surface area contributed by atoms with Gasteiger partial charge in [-0.15, -0.1) is 0 Å². The molecule has 2 heterocycles. The summed E-state index contributed by atoms with van der Waals surface area (Å²) in [5, 5.41) is 28.0. The number of benzene rings is 2. The number of hydrogen-bond donors (Lipinski definition) is 4. The van der Waals surface area contributed by atoms with E-state index in [-0.39, 0.29) is 28.6 Å². The standard InChI is InChI=1S/C29H34N8O4/c1-5-36-12-14-37(15-13-36)20-10-11-23(24(16-20)34-28(40)41-29(2,3)4)33-27-31-18-19(17-30)25(35-27)32-22-9-7-6-8-21(22)26(38)39/h6-11,16,18H,5,12-15H2,1-4H3,(H,34,40)(H,38,39)(H2,31,32,33,35). The first kappa shape index (κ1) is 29.1. The van der Waals surface area contributed by atoms with Crippen molar-refractivity contribution in [3.8, 4) is 6.07 Å². The zero-order chi connectivity index (χ0) is 29.6. The molecular formula is C29H34N8O4. The number of ether oxygens (including phenoxy) is 1. The Morgan fingerprint density at radius 3 is 2.44 bits per heavy atom. The number of aromatic carboxylic acids is 1. The highest BCUT2D eigenvalue weighted by molar-refractivity contribution is 5.95. The Hall–Kier alpha value is -4.89. The van der Waals surface area contributed by atoms with Gasteiger partial charge in [-0.25, -0.2) is 14.6 Å². The van der Waals surface area contributed by atoms with E-state index in [0.717, 1.165) is 38.4 Å². The molecule has 1 fully saturated rings. The minimum absolute atomic E-state index is 0.0312. The van der Waals surface area contributed by atoms with Gasteiger partial charge in [0.25, 0.3) is 0 Å². The van der Waals surface area contributed by atoms with Crippen LogP contribution in [0.25, 0.3) is 0 Å². The van der Waals surface area contributed by atoms with Gasteiger partial charge >= 0.3 is 12.1 Å². The number of likely N-dealkylation sites (N-methyl/N-ethyl adjacent to an activating group) is 1. The van der Waals surface area contributed by atoms with E-state index < -0.39 is 17.7 Å². The molecule has 4 rings (SSSR count). The average Bonchev–Trinajstić information content (AvgIpc) is 2.93. The number of carbonyl (C=O) groups excluding carboxylic acids is 1. The van der Waals surface area contributed by atoms with Gasteiger partial charge in [-0.3, -0.25) is 5.32 Å². The van der Waals surface area contributed by atoms with Gasteiger partial charge in [0.1, 0.15) is 17.2 Å². The molecule has 0 saturated carbocycles. The van der Waals surface area contributed by atoms with Crippen LogP contribution in [0.5, 0.6) is 0 Å². The van der Waals surface area contributed by atoms with Crippen LogP contribution in [0.2, 0.25) is 0 Å². The molecule has 3 aromatic rings. The monoisotopic (exact) mass is 558 g/mol. The number of carbonyl (C=O) groups is 2. The van der Waals surface area contributed by atoms with Crippen molar-refractivity contribution in [3.63, 3.8) is 0 Å². The maximum Gasteiger partial charge on any atom is 0.412 e. The van der Waals surface area contributed by atoms with Crippen LogP contribution in [0.4, 0.5) is 39.3 Å². The van der Waals surface area contributed by atoms with Crippen LogP contribution in [0.1, 0.15) is 43.6 Å². The molecule has 1 aliphatic heterocycles. The van der Waals surface area contributed by atoms with E-state index in [0.29, 0.717) is 11.4 Å². The summed E-state index contributed by atoms with van der Waals surface area (Å²) in [4.78, 5) is 37.7. The number of carboxylic acids is 1. The van der Waals surface area contributed by atoms with Crippen LogP contribution in [-0.2, 0) is 4.74 Å². The number of nitrogens with zero attached hydrogens (tertiary/aromatic N) is 5. The Morgan fingerprint density at radius 2 is 1.78 bits per heavy atom. The van der Waals surface area contributed by atoms with Crippen molar-refractivity contribution in [1.82, 2.24) is 14.9 Å². The first-order valence-electron chi connectivity index (χ1n) is 13.3. The fourth-order valence-corrected chi connectivity index (χ4v) is 4.32.